The Hall–Kier alpha value is -2.86. The summed E-state index contributed by atoms with van der Waals surface area (Å²) in [6.07, 6.45) is 0.361. The third kappa shape index (κ3) is 3.80. The number of amides is 1. The number of hydrogen-bond donors (Lipinski definition) is 0. The van der Waals surface area contributed by atoms with Crippen LogP contribution in [0.4, 0.5) is 0 Å². The minimum absolute atomic E-state index is 0.0705. The SMILES string of the molecule is COc1cccc(-c2noc(C3CC(=O)N(Cc4cccc(Cl)c4)C3)n2)c1. The van der Waals surface area contributed by atoms with Gasteiger partial charge in [0.15, 0.2) is 0 Å². The van der Waals surface area contributed by atoms with Gasteiger partial charge < -0.3 is 14.2 Å². The van der Waals surface area contributed by atoms with E-state index in [-0.39, 0.29) is 11.8 Å². The Morgan fingerprint density at radius 1 is 1.26 bits per heavy atom. The lowest BCUT2D eigenvalue weighted by atomic mass is 10.1. The van der Waals surface area contributed by atoms with E-state index in [0.717, 1.165) is 16.9 Å². The molecular formula is C20H18ClN3O3. The number of halogens is 1. The van der Waals surface area contributed by atoms with Crippen molar-refractivity contribution in [2.75, 3.05) is 13.7 Å². The van der Waals surface area contributed by atoms with Crippen LogP contribution in [0.1, 0.15) is 23.8 Å². The van der Waals surface area contributed by atoms with Crippen LogP contribution >= 0.6 is 11.6 Å². The van der Waals surface area contributed by atoms with Gasteiger partial charge in [-0.25, -0.2) is 0 Å². The van der Waals surface area contributed by atoms with Crippen LogP contribution in [0.5, 0.6) is 5.75 Å². The van der Waals surface area contributed by atoms with Crippen molar-refractivity contribution >= 4 is 17.5 Å². The van der Waals surface area contributed by atoms with Gasteiger partial charge in [-0.05, 0) is 29.8 Å². The highest BCUT2D eigenvalue weighted by Gasteiger charge is 2.34. The molecule has 0 bridgehead atoms. The molecule has 1 atom stereocenters. The van der Waals surface area contributed by atoms with E-state index in [1.54, 1.807) is 12.0 Å². The van der Waals surface area contributed by atoms with Crippen LogP contribution < -0.4 is 4.74 Å². The minimum Gasteiger partial charge on any atom is -0.497 e. The molecule has 3 aromatic rings. The number of nitrogens with zero attached hydrogens (tertiary/aromatic N) is 3. The molecule has 1 saturated heterocycles. The monoisotopic (exact) mass is 383 g/mol. The molecule has 6 nitrogen and oxygen atoms in total. The predicted octanol–water partition coefficient (Wildman–Crippen LogP) is 3.91. The van der Waals surface area contributed by atoms with Gasteiger partial charge >= 0.3 is 0 Å². The van der Waals surface area contributed by atoms with Crippen molar-refractivity contribution in [3.8, 4) is 17.1 Å². The molecule has 1 aromatic heterocycles. The van der Waals surface area contributed by atoms with Gasteiger partial charge in [0.05, 0.1) is 13.0 Å². The van der Waals surface area contributed by atoms with E-state index in [0.29, 0.717) is 36.2 Å². The fourth-order valence-corrected chi connectivity index (χ4v) is 3.44. The van der Waals surface area contributed by atoms with Crippen LogP contribution in [-0.4, -0.2) is 34.6 Å². The fraction of sp³-hybridized carbons (Fsp3) is 0.250. The summed E-state index contributed by atoms with van der Waals surface area (Å²) in [4.78, 5) is 18.7. The van der Waals surface area contributed by atoms with Crippen molar-refractivity contribution in [3.05, 3.63) is 65.0 Å². The molecule has 1 aliphatic rings. The van der Waals surface area contributed by atoms with Gasteiger partial charge in [0.25, 0.3) is 0 Å². The average Bonchev–Trinajstić information content (AvgIpc) is 3.29. The average molecular weight is 384 g/mol. The summed E-state index contributed by atoms with van der Waals surface area (Å²) < 4.78 is 10.7. The molecule has 2 aromatic carbocycles. The van der Waals surface area contributed by atoms with Crippen molar-refractivity contribution in [2.24, 2.45) is 0 Å². The zero-order chi connectivity index (χ0) is 18.8. The van der Waals surface area contributed by atoms with Gasteiger partial charge in [0.1, 0.15) is 5.75 Å². The van der Waals surface area contributed by atoms with E-state index in [2.05, 4.69) is 10.1 Å². The first-order valence-corrected chi connectivity index (χ1v) is 9.00. The third-order valence-electron chi connectivity index (χ3n) is 4.60. The first-order chi connectivity index (χ1) is 13.1. The summed E-state index contributed by atoms with van der Waals surface area (Å²) in [7, 11) is 1.61. The summed E-state index contributed by atoms with van der Waals surface area (Å²) in [5.74, 6) is 1.66. The molecule has 0 radical (unpaired) electrons. The summed E-state index contributed by atoms with van der Waals surface area (Å²) in [5.41, 5.74) is 1.81. The van der Waals surface area contributed by atoms with Gasteiger partial charge in [0.2, 0.25) is 17.6 Å². The highest BCUT2D eigenvalue weighted by Crippen LogP contribution is 2.30. The Bertz CT molecular complexity index is 972. The topological polar surface area (TPSA) is 68.5 Å². The second kappa shape index (κ2) is 7.40. The summed E-state index contributed by atoms with van der Waals surface area (Å²) in [5, 5.41) is 4.73. The molecule has 138 valence electrons. The lowest BCUT2D eigenvalue weighted by Crippen LogP contribution is -2.24. The van der Waals surface area contributed by atoms with Crippen molar-refractivity contribution in [3.63, 3.8) is 0 Å². The predicted molar refractivity (Wildman–Crippen MR) is 101 cm³/mol. The maximum absolute atomic E-state index is 12.4. The van der Waals surface area contributed by atoms with Crippen LogP contribution in [0.2, 0.25) is 5.02 Å². The molecule has 27 heavy (non-hydrogen) atoms. The molecule has 1 unspecified atom stereocenters. The van der Waals surface area contributed by atoms with Crippen LogP contribution in [0.15, 0.2) is 53.1 Å². The highest BCUT2D eigenvalue weighted by atomic mass is 35.5. The number of aromatic nitrogens is 2. The number of hydrogen-bond acceptors (Lipinski definition) is 5. The summed E-state index contributed by atoms with van der Waals surface area (Å²) in [6.45, 7) is 1.07. The molecule has 2 heterocycles. The molecule has 1 aliphatic heterocycles. The first-order valence-electron chi connectivity index (χ1n) is 8.62. The van der Waals surface area contributed by atoms with Crippen molar-refractivity contribution < 1.29 is 14.1 Å². The zero-order valence-corrected chi connectivity index (χ0v) is 15.5. The van der Waals surface area contributed by atoms with Gasteiger partial charge in [-0.1, -0.05) is 41.0 Å². The molecule has 7 heteroatoms. The maximum Gasteiger partial charge on any atom is 0.232 e. The summed E-state index contributed by atoms with van der Waals surface area (Å²) >= 11 is 6.03. The highest BCUT2D eigenvalue weighted by molar-refractivity contribution is 6.30. The lowest BCUT2D eigenvalue weighted by molar-refractivity contribution is -0.128. The molecule has 0 spiro atoms. The normalized spacial score (nSPS) is 16.7. The van der Waals surface area contributed by atoms with E-state index in [9.17, 15) is 4.79 Å². The second-order valence-electron chi connectivity index (χ2n) is 6.49. The number of benzene rings is 2. The Labute approximate surface area is 161 Å². The number of methoxy groups -OCH3 is 1. The van der Waals surface area contributed by atoms with Crippen molar-refractivity contribution in [1.29, 1.82) is 0 Å². The molecule has 0 saturated carbocycles. The second-order valence-corrected chi connectivity index (χ2v) is 6.93. The Morgan fingerprint density at radius 2 is 2.11 bits per heavy atom. The first kappa shape index (κ1) is 17.5. The zero-order valence-electron chi connectivity index (χ0n) is 14.8. The van der Waals surface area contributed by atoms with E-state index < -0.39 is 0 Å². The molecule has 1 amide bonds. The standard InChI is InChI=1S/C20H18ClN3O3/c1-26-17-7-3-5-14(9-17)19-22-20(27-23-19)15-10-18(25)24(12-15)11-13-4-2-6-16(21)8-13/h2-9,15H,10-12H2,1H3. The smallest absolute Gasteiger partial charge is 0.232 e. The largest absolute Gasteiger partial charge is 0.497 e. The number of ether oxygens (including phenoxy) is 1. The van der Waals surface area contributed by atoms with Crippen LogP contribution in [0.25, 0.3) is 11.4 Å². The van der Waals surface area contributed by atoms with Crippen LogP contribution in [0.3, 0.4) is 0 Å². The molecule has 1 fully saturated rings. The quantitative estimate of drug-likeness (QED) is 0.668. The van der Waals surface area contributed by atoms with Crippen molar-refractivity contribution in [1.82, 2.24) is 15.0 Å². The number of carbonyl (C=O) groups excluding carboxylic acids is 1. The molecule has 0 N–H and O–H groups in total. The van der Waals surface area contributed by atoms with E-state index in [4.69, 9.17) is 20.9 Å². The van der Waals surface area contributed by atoms with Gasteiger partial charge in [0, 0.05) is 30.1 Å². The fourth-order valence-electron chi connectivity index (χ4n) is 3.23. The Morgan fingerprint density at radius 3 is 2.93 bits per heavy atom. The maximum atomic E-state index is 12.4. The van der Waals surface area contributed by atoms with E-state index in [1.165, 1.54) is 0 Å². The van der Waals surface area contributed by atoms with Gasteiger partial charge in [-0.3, -0.25) is 4.79 Å². The molecule has 0 aliphatic carbocycles. The lowest BCUT2D eigenvalue weighted by Gasteiger charge is -2.16. The minimum atomic E-state index is -0.108. The van der Waals surface area contributed by atoms with E-state index >= 15 is 0 Å². The van der Waals surface area contributed by atoms with Crippen LogP contribution in [0, 0.1) is 0 Å². The Balaban J connectivity index is 1.48. The third-order valence-corrected chi connectivity index (χ3v) is 4.83. The van der Waals surface area contributed by atoms with E-state index in [1.807, 2.05) is 48.5 Å². The van der Waals surface area contributed by atoms with Crippen LogP contribution in [-0.2, 0) is 11.3 Å². The Kier molecular flexibility index (Phi) is 4.81. The molecule has 4 rings (SSSR count). The number of rotatable bonds is 5. The summed E-state index contributed by atoms with van der Waals surface area (Å²) in [6, 6.07) is 15.0. The molecular weight excluding hydrogens is 366 g/mol. The van der Waals surface area contributed by atoms with Gasteiger partial charge in [-0.15, -0.1) is 0 Å². The number of carbonyl (C=O) groups is 1. The number of likely N-dealkylation sites (tertiary alicyclic amines) is 1. The van der Waals surface area contributed by atoms with Gasteiger partial charge in [-0.2, -0.15) is 4.98 Å². The van der Waals surface area contributed by atoms with Crippen molar-refractivity contribution in [2.45, 2.75) is 18.9 Å².